The molecule has 0 saturated carbocycles. The lowest BCUT2D eigenvalue weighted by Crippen LogP contribution is -1.89. The SMILES string of the molecule is Clc1cccc(Nc2nc3ncccc3o2)c1. The molecule has 0 aliphatic heterocycles. The number of halogens is 1. The molecule has 0 saturated heterocycles. The highest BCUT2D eigenvalue weighted by Crippen LogP contribution is 2.22. The summed E-state index contributed by atoms with van der Waals surface area (Å²) in [6, 6.07) is 11.4. The van der Waals surface area contributed by atoms with Crippen molar-refractivity contribution in [3.8, 4) is 0 Å². The topological polar surface area (TPSA) is 51.0 Å². The van der Waals surface area contributed by atoms with E-state index in [9.17, 15) is 0 Å². The Bertz CT molecular complexity index is 632. The lowest BCUT2D eigenvalue weighted by molar-refractivity contribution is 0.623. The molecule has 0 bridgehead atoms. The molecule has 0 aliphatic carbocycles. The van der Waals surface area contributed by atoms with Gasteiger partial charge >= 0.3 is 6.01 Å². The van der Waals surface area contributed by atoms with Crippen molar-refractivity contribution in [2.75, 3.05) is 5.32 Å². The van der Waals surface area contributed by atoms with Crippen LogP contribution in [0.3, 0.4) is 0 Å². The first-order valence-electron chi connectivity index (χ1n) is 5.05. The molecule has 5 heteroatoms. The second kappa shape index (κ2) is 4.07. The van der Waals surface area contributed by atoms with Gasteiger partial charge in [-0.3, -0.25) is 0 Å². The van der Waals surface area contributed by atoms with Crippen LogP contribution in [0.4, 0.5) is 11.7 Å². The summed E-state index contributed by atoms with van der Waals surface area (Å²) in [5.74, 6) is 0. The molecule has 3 rings (SSSR count). The van der Waals surface area contributed by atoms with E-state index < -0.39 is 0 Å². The predicted molar refractivity (Wildman–Crippen MR) is 66.5 cm³/mol. The van der Waals surface area contributed by atoms with Gasteiger partial charge < -0.3 is 9.73 Å². The number of oxazole rings is 1. The van der Waals surface area contributed by atoms with E-state index in [-0.39, 0.29) is 0 Å². The lowest BCUT2D eigenvalue weighted by Gasteiger charge is -2.00. The smallest absolute Gasteiger partial charge is 0.301 e. The van der Waals surface area contributed by atoms with Gasteiger partial charge in [0, 0.05) is 16.9 Å². The maximum atomic E-state index is 5.89. The van der Waals surface area contributed by atoms with Crippen LogP contribution in [0.25, 0.3) is 11.2 Å². The van der Waals surface area contributed by atoms with Crippen LogP contribution in [0.2, 0.25) is 5.02 Å². The van der Waals surface area contributed by atoms with Gasteiger partial charge in [0.1, 0.15) is 0 Å². The van der Waals surface area contributed by atoms with Crippen molar-refractivity contribution in [1.29, 1.82) is 0 Å². The largest absolute Gasteiger partial charge is 0.422 e. The molecule has 1 N–H and O–H groups in total. The average molecular weight is 246 g/mol. The molecule has 2 heterocycles. The van der Waals surface area contributed by atoms with Gasteiger partial charge in [-0.15, -0.1) is 0 Å². The minimum Gasteiger partial charge on any atom is -0.422 e. The monoisotopic (exact) mass is 245 g/mol. The number of hydrogen-bond acceptors (Lipinski definition) is 4. The van der Waals surface area contributed by atoms with Crippen LogP contribution in [0.1, 0.15) is 0 Å². The Hall–Kier alpha value is -2.07. The van der Waals surface area contributed by atoms with Crippen LogP contribution in [0, 0.1) is 0 Å². The van der Waals surface area contributed by atoms with Gasteiger partial charge in [0.05, 0.1) is 0 Å². The Labute approximate surface area is 102 Å². The van der Waals surface area contributed by atoms with Gasteiger partial charge in [-0.2, -0.15) is 4.98 Å². The lowest BCUT2D eigenvalue weighted by atomic mass is 10.3. The predicted octanol–water partition coefficient (Wildman–Crippen LogP) is 3.62. The van der Waals surface area contributed by atoms with Gasteiger partial charge in [0.15, 0.2) is 5.58 Å². The zero-order valence-corrected chi connectivity index (χ0v) is 9.48. The molecule has 0 aliphatic rings. The highest BCUT2D eigenvalue weighted by Gasteiger charge is 2.05. The van der Waals surface area contributed by atoms with Crippen molar-refractivity contribution < 1.29 is 4.42 Å². The fourth-order valence-corrected chi connectivity index (χ4v) is 1.70. The Morgan fingerprint density at radius 2 is 2.12 bits per heavy atom. The highest BCUT2D eigenvalue weighted by molar-refractivity contribution is 6.30. The molecule has 0 unspecified atom stereocenters. The van der Waals surface area contributed by atoms with E-state index in [1.54, 1.807) is 24.4 Å². The fourth-order valence-electron chi connectivity index (χ4n) is 1.51. The van der Waals surface area contributed by atoms with Crippen molar-refractivity contribution in [3.05, 3.63) is 47.6 Å². The van der Waals surface area contributed by atoms with E-state index >= 15 is 0 Å². The van der Waals surface area contributed by atoms with E-state index in [0.29, 0.717) is 22.3 Å². The number of nitrogens with zero attached hydrogens (tertiary/aromatic N) is 2. The molecule has 0 atom stereocenters. The van der Waals surface area contributed by atoms with Crippen molar-refractivity contribution in [2.24, 2.45) is 0 Å². The van der Waals surface area contributed by atoms with Crippen molar-refractivity contribution in [3.63, 3.8) is 0 Å². The van der Waals surface area contributed by atoms with E-state index in [2.05, 4.69) is 15.3 Å². The minimum atomic E-state index is 0.404. The summed E-state index contributed by atoms with van der Waals surface area (Å²) >= 11 is 5.89. The number of pyridine rings is 1. The first-order chi connectivity index (χ1) is 8.31. The number of fused-ring (bicyclic) bond motifs is 1. The molecule has 3 aromatic rings. The van der Waals surface area contributed by atoms with Gasteiger partial charge in [-0.25, -0.2) is 4.98 Å². The molecule has 4 nitrogen and oxygen atoms in total. The number of anilines is 2. The van der Waals surface area contributed by atoms with Gasteiger partial charge in [-0.05, 0) is 30.3 Å². The van der Waals surface area contributed by atoms with Crippen LogP contribution in [0.15, 0.2) is 47.0 Å². The standard InChI is InChI=1S/C12H8ClN3O/c13-8-3-1-4-9(7-8)15-12-16-11-10(17-12)5-2-6-14-11/h1-7H,(H,14,15,16). The van der Waals surface area contributed by atoms with E-state index in [1.807, 2.05) is 18.2 Å². The Morgan fingerprint density at radius 3 is 2.94 bits per heavy atom. The van der Waals surface area contributed by atoms with Crippen LogP contribution >= 0.6 is 11.6 Å². The van der Waals surface area contributed by atoms with E-state index in [4.69, 9.17) is 16.0 Å². The first kappa shape index (κ1) is 10.1. The van der Waals surface area contributed by atoms with E-state index in [0.717, 1.165) is 5.69 Å². The minimum absolute atomic E-state index is 0.404. The molecule has 2 aromatic heterocycles. The first-order valence-corrected chi connectivity index (χ1v) is 5.43. The molecular formula is C12H8ClN3O. The third-order valence-corrected chi connectivity index (χ3v) is 2.48. The zero-order valence-electron chi connectivity index (χ0n) is 8.72. The van der Waals surface area contributed by atoms with Gasteiger partial charge in [-0.1, -0.05) is 17.7 Å². The van der Waals surface area contributed by atoms with Crippen LogP contribution in [0.5, 0.6) is 0 Å². The van der Waals surface area contributed by atoms with E-state index in [1.165, 1.54) is 0 Å². The van der Waals surface area contributed by atoms with Crippen molar-refractivity contribution >= 4 is 34.5 Å². The summed E-state index contributed by atoms with van der Waals surface area (Å²) in [5.41, 5.74) is 2.05. The number of aromatic nitrogens is 2. The maximum Gasteiger partial charge on any atom is 0.301 e. The average Bonchev–Trinajstić information content (AvgIpc) is 2.71. The summed E-state index contributed by atoms with van der Waals surface area (Å²) in [5, 5.41) is 3.69. The number of hydrogen-bond donors (Lipinski definition) is 1. The van der Waals surface area contributed by atoms with Crippen molar-refractivity contribution in [2.45, 2.75) is 0 Å². The summed E-state index contributed by atoms with van der Waals surface area (Å²) in [7, 11) is 0. The maximum absolute atomic E-state index is 5.89. The number of nitrogens with one attached hydrogen (secondary N) is 1. The Morgan fingerprint density at radius 1 is 1.18 bits per heavy atom. The Kier molecular flexibility index (Phi) is 2.42. The molecule has 84 valence electrons. The van der Waals surface area contributed by atoms with Crippen LogP contribution in [-0.2, 0) is 0 Å². The van der Waals surface area contributed by atoms with Crippen LogP contribution in [-0.4, -0.2) is 9.97 Å². The second-order valence-corrected chi connectivity index (χ2v) is 3.92. The summed E-state index contributed by atoms with van der Waals surface area (Å²) < 4.78 is 5.48. The normalized spacial score (nSPS) is 10.6. The number of rotatable bonds is 2. The third kappa shape index (κ3) is 2.07. The third-order valence-electron chi connectivity index (χ3n) is 2.24. The summed E-state index contributed by atoms with van der Waals surface area (Å²) in [4.78, 5) is 8.30. The molecule has 17 heavy (non-hydrogen) atoms. The van der Waals surface area contributed by atoms with Crippen molar-refractivity contribution in [1.82, 2.24) is 9.97 Å². The Balaban J connectivity index is 1.94. The quantitative estimate of drug-likeness (QED) is 0.749. The fraction of sp³-hybridized carbons (Fsp3) is 0. The van der Waals surface area contributed by atoms with Gasteiger partial charge in [0.25, 0.3) is 0 Å². The number of benzene rings is 1. The highest BCUT2D eigenvalue weighted by atomic mass is 35.5. The summed E-state index contributed by atoms with van der Waals surface area (Å²) in [6.07, 6.45) is 1.67. The van der Waals surface area contributed by atoms with Crippen LogP contribution < -0.4 is 5.32 Å². The second-order valence-electron chi connectivity index (χ2n) is 3.48. The molecule has 1 aromatic carbocycles. The molecular weight excluding hydrogens is 238 g/mol. The molecule has 0 spiro atoms. The molecule has 0 fully saturated rings. The van der Waals surface area contributed by atoms with Gasteiger partial charge in [0.2, 0.25) is 5.65 Å². The molecule has 0 amide bonds. The zero-order chi connectivity index (χ0) is 11.7. The molecule has 0 radical (unpaired) electrons. The summed E-state index contributed by atoms with van der Waals surface area (Å²) in [6.45, 7) is 0.